The van der Waals surface area contributed by atoms with Gasteiger partial charge in [0.15, 0.2) is 0 Å². The maximum Gasteiger partial charge on any atom is 0.0875 e. The number of nitrogens with one attached hydrogen (secondary N) is 1. The van der Waals surface area contributed by atoms with Crippen LogP contribution < -0.4 is 5.32 Å². The molecular weight excluding hydrogens is 272 g/mol. The number of anilines is 1. The zero-order chi connectivity index (χ0) is 15.0. The highest BCUT2D eigenvalue weighted by atomic mass is 16.3. The zero-order valence-corrected chi connectivity index (χ0v) is 13.0. The molecule has 2 fully saturated rings. The Labute approximate surface area is 131 Å². The van der Waals surface area contributed by atoms with E-state index >= 15 is 0 Å². The van der Waals surface area contributed by atoms with E-state index in [4.69, 9.17) is 0 Å². The molecule has 2 aliphatic rings. The molecule has 3 atom stereocenters. The number of para-hydroxylation sites is 1. The first kappa shape index (κ1) is 14.0. The van der Waals surface area contributed by atoms with Crippen molar-refractivity contribution in [3.63, 3.8) is 0 Å². The lowest BCUT2D eigenvalue weighted by Crippen LogP contribution is -2.56. The van der Waals surface area contributed by atoms with Gasteiger partial charge in [-0.05, 0) is 43.7 Å². The molecule has 0 aliphatic heterocycles. The number of pyridine rings is 1. The molecule has 2 saturated carbocycles. The maximum atomic E-state index is 11.2. The Balaban J connectivity index is 1.60. The molecule has 2 aromatic rings. The van der Waals surface area contributed by atoms with Crippen LogP contribution in [0.15, 0.2) is 36.5 Å². The van der Waals surface area contributed by atoms with Gasteiger partial charge in [-0.3, -0.25) is 4.98 Å². The minimum Gasteiger partial charge on any atom is -0.387 e. The van der Waals surface area contributed by atoms with Crippen LogP contribution >= 0.6 is 0 Å². The van der Waals surface area contributed by atoms with Crippen molar-refractivity contribution in [2.75, 3.05) is 5.32 Å². The summed E-state index contributed by atoms with van der Waals surface area (Å²) in [5.41, 5.74) is 1.52. The zero-order valence-electron chi connectivity index (χ0n) is 13.0. The van der Waals surface area contributed by atoms with E-state index in [-0.39, 0.29) is 6.04 Å². The Morgan fingerprint density at radius 2 is 1.95 bits per heavy atom. The van der Waals surface area contributed by atoms with Crippen LogP contribution in [0.25, 0.3) is 10.9 Å². The summed E-state index contributed by atoms with van der Waals surface area (Å²) in [5, 5.41) is 16.0. The quantitative estimate of drug-likeness (QED) is 0.876. The fourth-order valence-electron chi connectivity index (χ4n) is 4.47. The van der Waals surface area contributed by atoms with E-state index in [1.165, 1.54) is 25.7 Å². The topological polar surface area (TPSA) is 45.1 Å². The molecule has 3 heteroatoms. The van der Waals surface area contributed by atoms with Crippen molar-refractivity contribution < 1.29 is 5.11 Å². The summed E-state index contributed by atoms with van der Waals surface area (Å²) in [6.45, 7) is 0. The summed E-state index contributed by atoms with van der Waals surface area (Å²) in [6, 6.07) is 10.5. The third-order valence-corrected chi connectivity index (χ3v) is 5.67. The molecule has 0 saturated heterocycles. The normalized spacial score (nSPS) is 31.7. The lowest BCUT2D eigenvalue weighted by Gasteiger charge is -2.49. The molecular formula is C19H24N2O. The number of hydrogen-bond donors (Lipinski definition) is 2. The van der Waals surface area contributed by atoms with Crippen molar-refractivity contribution in [2.24, 2.45) is 5.92 Å². The summed E-state index contributed by atoms with van der Waals surface area (Å²) in [7, 11) is 0. The molecule has 0 radical (unpaired) electrons. The average molecular weight is 296 g/mol. The van der Waals surface area contributed by atoms with Gasteiger partial charge in [0.2, 0.25) is 0 Å². The van der Waals surface area contributed by atoms with Crippen LogP contribution in [0.4, 0.5) is 5.69 Å². The number of rotatable bonds is 2. The van der Waals surface area contributed by atoms with E-state index < -0.39 is 5.60 Å². The van der Waals surface area contributed by atoms with Crippen LogP contribution in [-0.2, 0) is 0 Å². The number of hydrogen-bond acceptors (Lipinski definition) is 3. The number of nitrogens with zero attached hydrogens (tertiary/aromatic N) is 1. The minimum atomic E-state index is -0.526. The Kier molecular flexibility index (Phi) is 3.53. The second-order valence-electron chi connectivity index (χ2n) is 6.98. The molecule has 1 aromatic heterocycles. The maximum absolute atomic E-state index is 11.2. The SMILES string of the molecule is O[C@]12CCCC[C@@H]1CCC[C@H]2Nc1cnc2ccccc2c1. The van der Waals surface area contributed by atoms with Gasteiger partial charge in [-0.2, -0.15) is 0 Å². The average Bonchev–Trinajstić information content (AvgIpc) is 2.55. The lowest BCUT2D eigenvalue weighted by atomic mass is 9.65. The van der Waals surface area contributed by atoms with Gasteiger partial charge in [-0.15, -0.1) is 0 Å². The predicted molar refractivity (Wildman–Crippen MR) is 89.9 cm³/mol. The molecule has 4 rings (SSSR count). The largest absolute Gasteiger partial charge is 0.387 e. The van der Waals surface area contributed by atoms with Gasteiger partial charge in [0.1, 0.15) is 0 Å². The molecule has 0 unspecified atom stereocenters. The van der Waals surface area contributed by atoms with Gasteiger partial charge in [-0.25, -0.2) is 0 Å². The summed E-state index contributed by atoms with van der Waals surface area (Å²) in [5.74, 6) is 0.473. The lowest BCUT2D eigenvalue weighted by molar-refractivity contribution is -0.0835. The van der Waals surface area contributed by atoms with Gasteiger partial charge >= 0.3 is 0 Å². The predicted octanol–water partition coefficient (Wildman–Crippen LogP) is 4.12. The van der Waals surface area contributed by atoms with E-state index in [9.17, 15) is 5.11 Å². The highest BCUT2D eigenvalue weighted by molar-refractivity contribution is 5.81. The van der Waals surface area contributed by atoms with Gasteiger partial charge in [0.25, 0.3) is 0 Å². The molecule has 1 aromatic carbocycles. The molecule has 3 nitrogen and oxygen atoms in total. The number of aromatic nitrogens is 1. The van der Waals surface area contributed by atoms with Crippen LogP contribution in [0.2, 0.25) is 0 Å². The Hall–Kier alpha value is -1.61. The van der Waals surface area contributed by atoms with Crippen molar-refractivity contribution in [1.82, 2.24) is 4.98 Å². The molecule has 0 bridgehead atoms. The van der Waals surface area contributed by atoms with E-state index in [0.717, 1.165) is 35.9 Å². The smallest absolute Gasteiger partial charge is 0.0875 e. The summed E-state index contributed by atoms with van der Waals surface area (Å²) >= 11 is 0. The van der Waals surface area contributed by atoms with Crippen LogP contribution in [0, 0.1) is 5.92 Å². The number of aliphatic hydroxyl groups is 1. The van der Waals surface area contributed by atoms with Crippen molar-refractivity contribution in [3.8, 4) is 0 Å². The Morgan fingerprint density at radius 1 is 1.09 bits per heavy atom. The van der Waals surface area contributed by atoms with Gasteiger partial charge in [0, 0.05) is 5.39 Å². The van der Waals surface area contributed by atoms with Crippen LogP contribution in [0.3, 0.4) is 0 Å². The van der Waals surface area contributed by atoms with Crippen molar-refractivity contribution >= 4 is 16.6 Å². The standard InChI is InChI=1S/C19H24N2O/c22-19-11-4-3-7-15(19)8-5-10-18(19)21-16-12-14-6-1-2-9-17(14)20-13-16/h1-2,6,9,12-13,15,18,21-22H,3-5,7-8,10-11H2/t15-,18-,19-/m1/s1. The van der Waals surface area contributed by atoms with Crippen molar-refractivity contribution in [2.45, 2.75) is 56.6 Å². The number of fused-ring (bicyclic) bond motifs is 2. The highest BCUT2D eigenvalue weighted by Gasteiger charge is 2.47. The third kappa shape index (κ3) is 2.38. The second kappa shape index (κ2) is 5.54. The molecule has 116 valence electrons. The Morgan fingerprint density at radius 3 is 2.91 bits per heavy atom. The monoisotopic (exact) mass is 296 g/mol. The summed E-state index contributed by atoms with van der Waals surface area (Å²) in [6.07, 6.45) is 9.91. The van der Waals surface area contributed by atoms with Gasteiger partial charge < -0.3 is 10.4 Å². The molecule has 22 heavy (non-hydrogen) atoms. The van der Waals surface area contributed by atoms with Crippen molar-refractivity contribution in [1.29, 1.82) is 0 Å². The van der Waals surface area contributed by atoms with Gasteiger partial charge in [0.05, 0.1) is 29.0 Å². The molecule has 0 amide bonds. The van der Waals surface area contributed by atoms with Crippen molar-refractivity contribution in [3.05, 3.63) is 36.5 Å². The van der Waals surface area contributed by atoms with Crippen LogP contribution in [-0.4, -0.2) is 21.7 Å². The van der Waals surface area contributed by atoms with E-state index in [2.05, 4.69) is 22.4 Å². The molecule has 0 spiro atoms. The first-order chi connectivity index (χ1) is 10.8. The fourth-order valence-corrected chi connectivity index (χ4v) is 4.47. The molecule has 1 heterocycles. The fraction of sp³-hybridized carbons (Fsp3) is 0.526. The van der Waals surface area contributed by atoms with E-state index in [1.54, 1.807) is 0 Å². The minimum absolute atomic E-state index is 0.162. The molecule has 2 aliphatic carbocycles. The van der Waals surface area contributed by atoms with E-state index in [0.29, 0.717) is 5.92 Å². The first-order valence-electron chi connectivity index (χ1n) is 8.59. The highest BCUT2D eigenvalue weighted by Crippen LogP contribution is 2.44. The third-order valence-electron chi connectivity index (χ3n) is 5.67. The Bertz CT molecular complexity index is 669. The number of benzene rings is 1. The van der Waals surface area contributed by atoms with E-state index in [1.807, 2.05) is 24.4 Å². The second-order valence-corrected chi connectivity index (χ2v) is 6.98. The van der Waals surface area contributed by atoms with Crippen LogP contribution in [0.1, 0.15) is 44.9 Å². The molecule has 2 N–H and O–H groups in total. The summed E-state index contributed by atoms with van der Waals surface area (Å²) in [4.78, 5) is 4.53. The summed E-state index contributed by atoms with van der Waals surface area (Å²) < 4.78 is 0. The van der Waals surface area contributed by atoms with Crippen LogP contribution in [0.5, 0.6) is 0 Å². The van der Waals surface area contributed by atoms with Gasteiger partial charge in [-0.1, -0.05) is 37.5 Å². The first-order valence-corrected chi connectivity index (χ1v) is 8.59.